The normalized spacial score (nSPS) is 11.5. The highest BCUT2D eigenvalue weighted by Gasteiger charge is 2.41. The van der Waals surface area contributed by atoms with Crippen LogP contribution in [0.4, 0.5) is 26.3 Å². The van der Waals surface area contributed by atoms with Gasteiger partial charge >= 0.3 is 12.4 Å². The Kier molecular flexibility index (Phi) is 7.60. The third kappa shape index (κ3) is 5.90. The Bertz CT molecular complexity index is 1770. The zero-order chi connectivity index (χ0) is 30.1. The Morgan fingerprint density at radius 1 is 0.548 bits per heavy atom. The molecule has 0 saturated carbocycles. The van der Waals surface area contributed by atoms with Crippen LogP contribution >= 0.6 is 0 Å². The summed E-state index contributed by atoms with van der Waals surface area (Å²) >= 11 is 0. The Morgan fingerprint density at radius 3 is 1.31 bits per heavy atom. The molecule has 0 unspecified atom stereocenters. The number of aliphatic hydroxyl groups is 1. The number of hydrogen-bond acceptors (Lipinski definition) is 2. The number of aliphatic hydroxyl groups excluding tert-OH is 1. The molecule has 8 heteroatoms. The molecule has 0 fully saturated rings. The van der Waals surface area contributed by atoms with Crippen molar-refractivity contribution in [1.29, 1.82) is 0 Å². The first-order valence-electron chi connectivity index (χ1n) is 12.5. The second-order valence-corrected chi connectivity index (χ2v) is 9.35. The van der Waals surface area contributed by atoms with E-state index < -0.39 is 45.0 Å². The zero-order valence-electron chi connectivity index (χ0n) is 21.9. The van der Waals surface area contributed by atoms with Crippen LogP contribution in [-0.2, 0) is 19.0 Å². The lowest BCUT2D eigenvalue weighted by Crippen LogP contribution is -2.13. The molecule has 0 bridgehead atoms. The summed E-state index contributed by atoms with van der Waals surface area (Å²) in [6.07, 6.45) is -9.91. The lowest BCUT2D eigenvalue weighted by molar-refractivity contribution is -0.137. The van der Waals surface area contributed by atoms with E-state index in [-0.39, 0.29) is 17.7 Å². The van der Waals surface area contributed by atoms with Crippen LogP contribution in [0.3, 0.4) is 0 Å². The van der Waals surface area contributed by atoms with E-state index in [1.807, 2.05) is 0 Å². The lowest BCUT2D eigenvalue weighted by Gasteiger charge is -2.20. The number of hydrogen-bond donors (Lipinski definition) is 1. The maximum absolute atomic E-state index is 14.5. The van der Waals surface area contributed by atoms with Gasteiger partial charge in [-0.05, 0) is 87.8 Å². The van der Waals surface area contributed by atoms with Gasteiger partial charge in [-0.2, -0.15) is 26.3 Å². The van der Waals surface area contributed by atoms with E-state index in [4.69, 9.17) is 4.74 Å². The largest absolute Gasteiger partial charge is 0.497 e. The summed E-state index contributed by atoms with van der Waals surface area (Å²) in [4.78, 5) is 0. The van der Waals surface area contributed by atoms with E-state index in [1.54, 1.807) is 48.5 Å². The minimum Gasteiger partial charge on any atom is -0.497 e. The Morgan fingerprint density at radius 2 is 0.929 bits per heavy atom. The fraction of sp³-hybridized carbons (Fsp3) is 0.118. The molecule has 1 N–H and O–H groups in total. The van der Waals surface area contributed by atoms with Gasteiger partial charge in [0, 0.05) is 22.3 Å². The average molecular weight is 575 g/mol. The number of alkyl halides is 6. The summed E-state index contributed by atoms with van der Waals surface area (Å²) in [5.74, 6) is 11.7. The van der Waals surface area contributed by atoms with Crippen molar-refractivity contribution in [3.63, 3.8) is 0 Å². The van der Waals surface area contributed by atoms with Gasteiger partial charge < -0.3 is 9.84 Å². The standard InChI is InChI=1S/C34H20F6O2/c1-42-26-14-10-22(11-15-26)3-7-24-13-17-28-30(19-24)32(34(38,39)40)27-16-12-23(18-29(27)31(28)33(35,36)37)6-2-21-4-8-25(20-41)9-5-21/h4-5,8-19,41H,20H2,1H3. The number of halogens is 6. The molecular formula is C34H20F6O2. The summed E-state index contributed by atoms with van der Waals surface area (Å²) in [5.41, 5.74) is -0.360. The van der Waals surface area contributed by atoms with Crippen LogP contribution in [0, 0.1) is 23.7 Å². The topological polar surface area (TPSA) is 29.5 Å². The molecule has 42 heavy (non-hydrogen) atoms. The van der Waals surface area contributed by atoms with E-state index in [1.165, 1.54) is 19.2 Å². The van der Waals surface area contributed by atoms with Gasteiger partial charge in [-0.25, -0.2) is 0 Å². The Balaban J connectivity index is 1.70. The van der Waals surface area contributed by atoms with Crippen LogP contribution in [0.15, 0.2) is 84.9 Å². The van der Waals surface area contributed by atoms with E-state index in [2.05, 4.69) is 23.7 Å². The second-order valence-electron chi connectivity index (χ2n) is 9.35. The van der Waals surface area contributed by atoms with Gasteiger partial charge in [0.05, 0.1) is 24.8 Å². The molecule has 0 aliphatic heterocycles. The highest BCUT2D eigenvalue weighted by atomic mass is 19.4. The second kappa shape index (κ2) is 11.2. The molecular weight excluding hydrogens is 554 g/mol. The minimum absolute atomic E-state index is 0.119. The summed E-state index contributed by atoms with van der Waals surface area (Å²) in [7, 11) is 1.50. The Labute approximate surface area is 237 Å². The van der Waals surface area contributed by atoms with Crippen molar-refractivity contribution < 1.29 is 36.2 Å². The summed E-state index contributed by atoms with van der Waals surface area (Å²) in [6, 6.07) is 19.9. The van der Waals surface area contributed by atoms with Gasteiger partial charge in [-0.3, -0.25) is 0 Å². The molecule has 0 atom stereocenters. The molecule has 2 nitrogen and oxygen atoms in total. The lowest BCUT2D eigenvalue weighted by atomic mass is 9.89. The molecule has 0 aliphatic rings. The third-order valence-corrected chi connectivity index (χ3v) is 6.61. The van der Waals surface area contributed by atoms with E-state index >= 15 is 0 Å². The number of ether oxygens (including phenoxy) is 1. The van der Waals surface area contributed by atoms with Crippen molar-refractivity contribution in [2.24, 2.45) is 0 Å². The quantitative estimate of drug-likeness (QED) is 0.131. The van der Waals surface area contributed by atoms with Gasteiger partial charge in [0.15, 0.2) is 0 Å². The van der Waals surface area contributed by atoms with Crippen LogP contribution in [-0.4, -0.2) is 12.2 Å². The summed E-state index contributed by atoms with van der Waals surface area (Å²) in [6.45, 7) is -0.162. The smallest absolute Gasteiger partial charge is 0.417 e. The third-order valence-electron chi connectivity index (χ3n) is 6.61. The molecule has 5 aromatic carbocycles. The molecule has 0 saturated heterocycles. The molecule has 0 spiro atoms. The van der Waals surface area contributed by atoms with Crippen molar-refractivity contribution in [1.82, 2.24) is 0 Å². The van der Waals surface area contributed by atoms with Gasteiger partial charge in [-0.15, -0.1) is 0 Å². The highest BCUT2D eigenvalue weighted by molar-refractivity contribution is 6.07. The summed E-state index contributed by atoms with van der Waals surface area (Å²) < 4.78 is 92.0. The fourth-order valence-corrected chi connectivity index (χ4v) is 4.65. The van der Waals surface area contributed by atoms with Crippen molar-refractivity contribution in [2.45, 2.75) is 19.0 Å². The molecule has 0 aliphatic carbocycles. The van der Waals surface area contributed by atoms with Crippen molar-refractivity contribution >= 4 is 21.5 Å². The first-order chi connectivity index (χ1) is 20.0. The molecule has 0 heterocycles. The fourth-order valence-electron chi connectivity index (χ4n) is 4.65. The minimum atomic E-state index is -4.96. The summed E-state index contributed by atoms with van der Waals surface area (Å²) in [5, 5.41) is 6.82. The molecule has 0 aromatic heterocycles. The maximum atomic E-state index is 14.5. The van der Waals surface area contributed by atoms with E-state index in [9.17, 15) is 31.4 Å². The van der Waals surface area contributed by atoms with Crippen LogP contribution in [0.1, 0.15) is 38.9 Å². The van der Waals surface area contributed by atoms with Gasteiger partial charge in [0.2, 0.25) is 0 Å². The van der Waals surface area contributed by atoms with E-state index in [0.717, 1.165) is 24.3 Å². The molecule has 5 rings (SSSR count). The van der Waals surface area contributed by atoms with Crippen molar-refractivity contribution in [2.75, 3.05) is 7.11 Å². The molecule has 210 valence electrons. The predicted molar refractivity (Wildman–Crippen MR) is 149 cm³/mol. The maximum Gasteiger partial charge on any atom is 0.417 e. The van der Waals surface area contributed by atoms with Crippen molar-refractivity contribution in [3.05, 3.63) is 124 Å². The SMILES string of the molecule is COc1ccc(C#Cc2ccc3c(C(F)(F)F)c4cc(C#Cc5ccc(CO)cc5)ccc4c(C(F)(F)F)c3c2)cc1. The molecule has 0 amide bonds. The molecule has 0 radical (unpaired) electrons. The number of fused-ring (bicyclic) bond motifs is 2. The van der Waals surface area contributed by atoms with Gasteiger partial charge in [0.25, 0.3) is 0 Å². The Hall–Kier alpha value is -4.92. The van der Waals surface area contributed by atoms with E-state index in [0.29, 0.717) is 22.4 Å². The van der Waals surface area contributed by atoms with Crippen LogP contribution in [0.2, 0.25) is 0 Å². The monoisotopic (exact) mass is 574 g/mol. The van der Waals surface area contributed by atoms with Crippen LogP contribution < -0.4 is 4.74 Å². The average Bonchev–Trinajstić information content (AvgIpc) is 2.96. The van der Waals surface area contributed by atoms with Crippen LogP contribution in [0.5, 0.6) is 5.75 Å². The predicted octanol–water partition coefficient (Wildman–Crippen LogP) is 8.33. The molecule has 5 aromatic rings. The highest BCUT2D eigenvalue weighted by Crippen LogP contribution is 2.47. The van der Waals surface area contributed by atoms with Crippen molar-refractivity contribution in [3.8, 4) is 29.4 Å². The first kappa shape index (κ1) is 28.6. The van der Waals surface area contributed by atoms with Gasteiger partial charge in [0.1, 0.15) is 5.75 Å². The van der Waals surface area contributed by atoms with Crippen LogP contribution in [0.25, 0.3) is 21.5 Å². The first-order valence-corrected chi connectivity index (χ1v) is 12.5. The zero-order valence-corrected chi connectivity index (χ0v) is 21.9. The number of rotatable bonds is 2. The van der Waals surface area contributed by atoms with Gasteiger partial charge in [-0.1, -0.05) is 47.9 Å². The number of methoxy groups -OCH3 is 1. The number of benzene rings is 5.